The highest BCUT2D eigenvalue weighted by atomic mass is 19.3. The number of rotatable bonds is 10. The highest BCUT2D eigenvalue weighted by Crippen LogP contribution is 2.43. The fourth-order valence-electron chi connectivity index (χ4n) is 7.13. The van der Waals surface area contributed by atoms with Gasteiger partial charge < -0.3 is 15.6 Å². The van der Waals surface area contributed by atoms with Crippen molar-refractivity contribution >= 4 is 5.91 Å². The smallest absolute Gasteiger partial charge is 0.248 e. The highest BCUT2D eigenvalue weighted by molar-refractivity contribution is 5.79. The molecule has 2 bridgehead atoms. The van der Waals surface area contributed by atoms with Gasteiger partial charge in [-0.1, -0.05) is 44.2 Å². The van der Waals surface area contributed by atoms with Gasteiger partial charge in [-0.2, -0.15) is 0 Å². The van der Waals surface area contributed by atoms with Crippen molar-refractivity contribution in [3.63, 3.8) is 0 Å². The maximum absolute atomic E-state index is 13.7. The molecule has 3 atom stereocenters. The lowest BCUT2D eigenvalue weighted by Crippen LogP contribution is -2.45. The van der Waals surface area contributed by atoms with E-state index in [2.05, 4.69) is 51.0 Å². The molecule has 3 N–H and O–H groups in total. The van der Waals surface area contributed by atoms with Gasteiger partial charge in [0.05, 0.1) is 6.04 Å². The predicted octanol–water partition coefficient (Wildman–Crippen LogP) is 5.14. The lowest BCUT2D eigenvalue weighted by atomic mass is 9.86. The molecule has 2 saturated heterocycles. The van der Waals surface area contributed by atoms with E-state index in [9.17, 15) is 13.6 Å². The maximum Gasteiger partial charge on any atom is 0.248 e. The third-order valence-corrected chi connectivity index (χ3v) is 9.18. The number of carbonyl (C=O) groups excluding carboxylic acids is 1. The average Bonchev–Trinajstić information content (AvgIpc) is 3.44. The number of alkyl halides is 2. The Hall–Kier alpha value is -2.39. The van der Waals surface area contributed by atoms with Crippen molar-refractivity contribution in [1.29, 1.82) is 0 Å². The van der Waals surface area contributed by atoms with Crippen LogP contribution in [-0.4, -0.2) is 56.7 Å². The molecule has 3 aliphatic rings. The van der Waals surface area contributed by atoms with Gasteiger partial charge in [-0.05, 0) is 57.1 Å². The first-order valence-corrected chi connectivity index (χ1v) is 14.9. The second-order valence-electron chi connectivity index (χ2n) is 12.2. The van der Waals surface area contributed by atoms with Gasteiger partial charge >= 0.3 is 0 Å². The molecular formula is C30H44F2N6O. The fourth-order valence-corrected chi connectivity index (χ4v) is 7.13. The van der Waals surface area contributed by atoms with Crippen LogP contribution >= 0.6 is 0 Å². The molecule has 5 rings (SSSR count). The van der Waals surface area contributed by atoms with E-state index in [0.717, 1.165) is 49.4 Å². The van der Waals surface area contributed by atoms with E-state index in [1.807, 2.05) is 18.2 Å². The summed E-state index contributed by atoms with van der Waals surface area (Å²) in [7, 11) is 0. The van der Waals surface area contributed by atoms with Crippen LogP contribution in [0.25, 0.3) is 0 Å². The zero-order valence-corrected chi connectivity index (χ0v) is 23.4. The molecule has 1 aliphatic carbocycles. The zero-order valence-electron chi connectivity index (χ0n) is 23.4. The normalized spacial score (nSPS) is 26.2. The molecule has 2 unspecified atom stereocenters. The van der Waals surface area contributed by atoms with Crippen LogP contribution in [0.1, 0.15) is 107 Å². The monoisotopic (exact) mass is 542 g/mol. The molecule has 7 nitrogen and oxygen atoms in total. The van der Waals surface area contributed by atoms with E-state index < -0.39 is 5.92 Å². The van der Waals surface area contributed by atoms with E-state index >= 15 is 0 Å². The molecule has 1 aromatic heterocycles. The van der Waals surface area contributed by atoms with E-state index in [-0.39, 0.29) is 43.6 Å². The van der Waals surface area contributed by atoms with Crippen LogP contribution in [0.15, 0.2) is 30.3 Å². The topological polar surface area (TPSA) is 89.1 Å². The van der Waals surface area contributed by atoms with Gasteiger partial charge in [0.15, 0.2) is 0 Å². The lowest BCUT2D eigenvalue weighted by Gasteiger charge is -2.41. The largest absolute Gasteiger partial charge is 0.349 e. The summed E-state index contributed by atoms with van der Waals surface area (Å²) in [6, 6.07) is 11.3. The minimum atomic E-state index is -2.63. The number of benzene rings is 1. The average molecular weight is 543 g/mol. The molecule has 2 aliphatic heterocycles. The minimum Gasteiger partial charge on any atom is -0.349 e. The Bertz CT molecular complexity index is 1080. The van der Waals surface area contributed by atoms with E-state index in [4.69, 9.17) is 5.73 Å². The van der Waals surface area contributed by atoms with E-state index in [0.29, 0.717) is 30.6 Å². The first-order chi connectivity index (χ1) is 18.8. The molecule has 3 fully saturated rings. The Morgan fingerprint density at radius 2 is 1.72 bits per heavy atom. The summed E-state index contributed by atoms with van der Waals surface area (Å²) >= 11 is 0. The fraction of sp³-hybridized carbons (Fsp3) is 0.700. The third-order valence-electron chi connectivity index (χ3n) is 9.18. The van der Waals surface area contributed by atoms with Crippen LogP contribution < -0.4 is 11.1 Å². The SMILES string of the molecule is CC(C)c1nnc(CCN)n1C1CC2CCC(C1)N2CC[C@H](NC(=O)C1CCC(F)(F)CC1)c1ccccc1. The first-order valence-electron chi connectivity index (χ1n) is 14.9. The Balaban J connectivity index is 1.25. The van der Waals surface area contributed by atoms with Gasteiger partial charge in [0.25, 0.3) is 0 Å². The molecule has 1 amide bonds. The number of aromatic nitrogens is 3. The first kappa shape index (κ1) is 28.1. The van der Waals surface area contributed by atoms with Crippen molar-refractivity contribution in [2.45, 2.75) is 114 Å². The lowest BCUT2D eigenvalue weighted by molar-refractivity contribution is -0.130. The third kappa shape index (κ3) is 6.35. The molecule has 3 heterocycles. The summed E-state index contributed by atoms with van der Waals surface area (Å²) in [5, 5.41) is 12.3. The quantitative estimate of drug-likeness (QED) is 0.434. The number of nitrogens with one attached hydrogen (secondary N) is 1. The van der Waals surface area contributed by atoms with Gasteiger partial charge in [0.2, 0.25) is 11.8 Å². The standard InChI is InChI=1S/C30H44F2N6O/c1-20(2)28-36-35-27(12-16-33)38(28)25-18-23-8-9-24(19-25)37(23)17-13-26(21-6-4-3-5-7-21)34-29(39)22-10-14-30(31,32)15-11-22/h3-7,20,22-26H,8-19,33H2,1-2H3,(H,34,39)/t23?,24?,25?,26-/m0/s1. The van der Waals surface area contributed by atoms with Gasteiger partial charge in [0, 0.05) is 55.8 Å². The number of halogens is 2. The number of amides is 1. The molecular weight excluding hydrogens is 498 g/mol. The van der Waals surface area contributed by atoms with E-state index in [1.54, 1.807) is 0 Å². The minimum absolute atomic E-state index is 0.0812. The number of hydrogen-bond donors (Lipinski definition) is 2. The highest BCUT2D eigenvalue weighted by Gasteiger charge is 2.43. The van der Waals surface area contributed by atoms with Gasteiger partial charge in [-0.25, -0.2) is 8.78 Å². The van der Waals surface area contributed by atoms with Gasteiger partial charge in [0.1, 0.15) is 11.6 Å². The van der Waals surface area contributed by atoms with Crippen LogP contribution in [0, 0.1) is 5.92 Å². The summed E-state index contributed by atoms with van der Waals surface area (Å²) in [6.45, 7) is 5.82. The zero-order chi connectivity index (χ0) is 27.6. The summed E-state index contributed by atoms with van der Waals surface area (Å²) in [5.41, 5.74) is 6.97. The van der Waals surface area contributed by atoms with Crippen molar-refractivity contribution in [1.82, 2.24) is 25.0 Å². The second-order valence-corrected chi connectivity index (χ2v) is 12.2. The van der Waals surface area contributed by atoms with Crippen molar-refractivity contribution in [2.24, 2.45) is 11.7 Å². The predicted molar refractivity (Wildman–Crippen MR) is 148 cm³/mol. The van der Waals surface area contributed by atoms with Crippen LogP contribution in [0.3, 0.4) is 0 Å². The van der Waals surface area contributed by atoms with Gasteiger partial charge in [-0.15, -0.1) is 10.2 Å². The number of piperidine rings is 1. The molecule has 214 valence electrons. The Labute approximate surface area is 230 Å². The number of nitrogens with zero attached hydrogens (tertiary/aromatic N) is 4. The Morgan fingerprint density at radius 3 is 2.33 bits per heavy atom. The van der Waals surface area contributed by atoms with Crippen LogP contribution in [-0.2, 0) is 11.2 Å². The van der Waals surface area contributed by atoms with Crippen molar-refractivity contribution in [3.8, 4) is 0 Å². The molecule has 2 aromatic rings. The van der Waals surface area contributed by atoms with Crippen molar-refractivity contribution in [2.75, 3.05) is 13.1 Å². The second kappa shape index (κ2) is 12.0. The van der Waals surface area contributed by atoms with E-state index in [1.165, 1.54) is 12.8 Å². The summed E-state index contributed by atoms with van der Waals surface area (Å²) in [5.74, 6) is -0.665. The van der Waals surface area contributed by atoms with Crippen molar-refractivity contribution < 1.29 is 13.6 Å². The Morgan fingerprint density at radius 1 is 1.05 bits per heavy atom. The number of carbonyl (C=O) groups is 1. The van der Waals surface area contributed by atoms with Crippen molar-refractivity contribution in [3.05, 3.63) is 47.5 Å². The molecule has 39 heavy (non-hydrogen) atoms. The summed E-state index contributed by atoms with van der Waals surface area (Å²) < 4.78 is 29.7. The number of hydrogen-bond acceptors (Lipinski definition) is 5. The molecule has 9 heteroatoms. The number of fused-ring (bicyclic) bond motifs is 2. The maximum atomic E-state index is 13.7. The molecule has 1 aromatic carbocycles. The molecule has 0 radical (unpaired) electrons. The van der Waals surface area contributed by atoms with Gasteiger partial charge in [-0.3, -0.25) is 9.69 Å². The molecule has 1 saturated carbocycles. The summed E-state index contributed by atoms with van der Waals surface area (Å²) in [4.78, 5) is 15.8. The van der Waals surface area contributed by atoms with Crippen LogP contribution in [0.4, 0.5) is 8.78 Å². The molecule has 0 spiro atoms. The van der Waals surface area contributed by atoms with Crippen LogP contribution in [0.2, 0.25) is 0 Å². The van der Waals surface area contributed by atoms with Crippen LogP contribution in [0.5, 0.6) is 0 Å². The Kier molecular flexibility index (Phi) is 8.66. The number of nitrogens with two attached hydrogens (primary N) is 1. The summed E-state index contributed by atoms with van der Waals surface area (Å²) in [6.07, 6.45) is 6.18.